The zero-order chi connectivity index (χ0) is 27.7. The highest BCUT2D eigenvalue weighted by Crippen LogP contribution is 2.47. The first-order valence-corrected chi connectivity index (χ1v) is 11.8. The Kier molecular flexibility index (Phi) is 7.26. The number of aromatic nitrogens is 3. The summed E-state index contributed by atoms with van der Waals surface area (Å²) in [6, 6.07) is 5.11. The molecule has 38 heavy (non-hydrogen) atoms. The fourth-order valence-corrected chi connectivity index (χ4v) is 4.50. The van der Waals surface area contributed by atoms with E-state index in [0.717, 1.165) is 11.0 Å². The number of halogens is 3. The van der Waals surface area contributed by atoms with Crippen molar-refractivity contribution in [2.24, 2.45) is 0 Å². The van der Waals surface area contributed by atoms with Gasteiger partial charge in [0, 0.05) is 36.1 Å². The number of carbonyl (C=O) groups excluding carboxylic acids is 1. The lowest BCUT2D eigenvalue weighted by atomic mass is 9.64. The summed E-state index contributed by atoms with van der Waals surface area (Å²) >= 11 is 0. The Morgan fingerprint density at radius 2 is 1.84 bits per heavy atom. The Morgan fingerprint density at radius 3 is 2.39 bits per heavy atom. The number of hydrogen-bond acceptors (Lipinski definition) is 6. The number of pyridine rings is 1. The van der Waals surface area contributed by atoms with Crippen molar-refractivity contribution >= 4 is 17.7 Å². The minimum Gasteiger partial charge on any atom is -0.507 e. The number of nitrogens with zero attached hydrogens (tertiary/aromatic N) is 5. The highest BCUT2D eigenvalue weighted by Gasteiger charge is 2.51. The lowest BCUT2D eigenvalue weighted by Crippen LogP contribution is -2.54. The summed E-state index contributed by atoms with van der Waals surface area (Å²) in [4.78, 5) is 30.4. The van der Waals surface area contributed by atoms with E-state index in [1.165, 1.54) is 43.9 Å². The normalized spacial score (nSPS) is 18.7. The molecule has 0 saturated heterocycles. The molecule has 11 heteroatoms. The Bertz CT molecular complexity index is 1380. The largest absolute Gasteiger partial charge is 0.507 e. The SMILES string of the molecule is [C-]#[N+]c1ccc(F)c(-c2cnc(N(CC3(c4ncccc4F)CC(F)C3)C(=O)OC(C)(C)C)nc2)c1OC. The Labute approximate surface area is 218 Å². The van der Waals surface area contributed by atoms with E-state index in [9.17, 15) is 18.0 Å². The third-order valence-corrected chi connectivity index (χ3v) is 6.14. The van der Waals surface area contributed by atoms with Crippen molar-refractivity contribution in [3.05, 3.63) is 71.6 Å². The number of anilines is 1. The van der Waals surface area contributed by atoms with Crippen LogP contribution in [0.3, 0.4) is 0 Å². The van der Waals surface area contributed by atoms with E-state index in [0.29, 0.717) is 0 Å². The van der Waals surface area contributed by atoms with Gasteiger partial charge in [0.15, 0.2) is 0 Å². The van der Waals surface area contributed by atoms with Crippen LogP contribution in [0.1, 0.15) is 39.3 Å². The summed E-state index contributed by atoms with van der Waals surface area (Å²) in [5, 5.41) is 0. The molecule has 1 aliphatic carbocycles. The molecule has 1 aromatic carbocycles. The molecule has 1 saturated carbocycles. The van der Waals surface area contributed by atoms with Crippen LogP contribution in [0.4, 0.5) is 29.6 Å². The Hall–Kier alpha value is -4.20. The molecule has 0 N–H and O–H groups in total. The number of rotatable bonds is 6. The molecule has 0 bridgehead atoms. The molecule has 2 heterocycles. The summed E-state index contributed by atoms with van der Waals surface area (Å²) < 4.78 is 54.5. The quantitative estimate of drug-likeness (QED) is 0.357. The molecule has 198 valence electrons. The van der Waals surface area contributed by atoms with Gasteiger partial charge >= 0.3 is 6.09 Å². The number of amides is 1. The third-order valence-electron chi connectivity index (χ3n) is 6.14. The Morgan fingerprint density at radius 1 is 1.16 bits per heavy atom. The van der Waals surface area contributed by atoms with Crippen LogP contribution in [-0.2, 0) is 10.2 Å². The van der Waals surface area contributed by atoms with Gasteiger partial charge in [0.25, 0.3) is 0 Å². The van der Waals surface area contributed by atoms with Crippen LogP contribution in [-0.4, -0.2) is 46.5 Å². The second kappa shape index (κ2) is 10.3. The fourth-order valence-electron chi connectivity index (χ4n) is 4.50. The van der Waals surface area contributed by atoms with Gasteiger partial charge < -0.3 is 9.47 Å². The van der Waals surface area contributed by atoms with Crippen LogP contribution in [0.15, 0.2) is 42.9 Å². The average Bonchev–Trinajstić information content (AvgIpc) is 2.85. The zero-order valence-electron chi connectivity index (χ0n) is 21.3. The summed E-state index contributed by atoms with van der Waals surface area (Å²) in [7, 11) is 1.32. The van der Waals surface area contributed by atoms with Crippen LogP contribution in [0, 0.1) is 18.2 Å². The molecule has 0 atom stereocenters. The average molecular weight is 526 g/mol. The van der Waals surface area contributed by atoms with Gasteiger partial charge in [0.05, 0.1) is 24.9 Å². The molecule has 4 rings (SSSR count). The van der Waals surface area contributed by atoms with Crippen molar-refractivity contribution in [2.75, 3.05) is 18.6 Å². The molecular formula is C27H26F3N5O3. The first kappa shape index (κ1) is 26.9. The number of benzene rings is 1. The fraction of sp³-hybridized carbons (Fsp3) is 0.370. The molecule has 1 amide bonds. The predicted octanol–water partition coefficient (Wildman–Crippen LogP) is 6.19. The van der Waals surface area contributed by atoms with Gasteiger partial charge in [-0.15, -0.1) is 0 Å². The van der Waals surface area contributed by atoms with Gasteiger partial charge in [-0.25, -0.2) is 37.7 Å². The highest BCUT2D eigenvalue weighted by molar-refractivity contribution is 5.86. The maximum atomic E-state index is 14.8. The van der Waals surface area contributed by atoms with Gasteiger partial charge in [-0.3, -0.25) is 4.98 Å². The van der Waals surface area contributed by atoms with Crippen molar-refractivity contribution in [3.8, 4) is 16.9 Å². The smallest absolute Gasteiger partial charge is 0.417 e. The molecular weight excluding hydrogens is 499 g/mol. The minimum atomic E-state index is -1.19. The molecule has 1 fully saturated rings. The van der Waals surface area contributed by atoms with Crippen molar-refractivity contribution in [3.63, 3.8) is 0 Å². The van der Waals surface area contributed by atoms with Crippen LogP contribution >= 0.6 is 0 Å². The number of ether oxygens (including phenoxy) is 2. The summed E-state index contributed by atoms with van der Waals surface area (Å²) in [5.74, 6) is -1.35. The number of hydrogen-bond donors (Lipinski definition) is 0. The van der Waals surface area contributed by atoms with E-state index < -0.39 is 34.9 Å². The van der Waals surface area contributed by atoms with Gasteiger partial charge in [-0.05, 0) is 57.9 Å². The molecule has 3 aromatic rings. The molecule has 1 aliphatic rings. The van der Waals surface area contributed by atoms with Crippen LogP contribution < -0.4 is 9.64 Å². The second-order valence-electron chi connectivity index (χ2n) is 10.0. The minimum absolute atomic E-state index is 0.0114. The monoisotopic (exact) mass is 525 g/mol. The van der Waals surface area contributed by atoms with Crippen molar-refractivity contribution in [1.29, 1.82) is 0 Å². The standard InChI is InChI=1S/C27H26F3N5O3/c1-26(2,3)38-25(36)35(15-27(11-17(28)12-27)23-19(30)7-6-10-32-23)24-33-13-16(14-34-24)21-18(29)8-9-20(31-4)22(21)37-5/h6-10,13-14,17H,11-12,15H2,1-3,5H3. The predicted molar refractivity (Wildman–Crippen MR) is 134 cm³/mol. The summed E-state index contributed by atoms with van der Waals surface area (Å²) in [6.07, 6.45) is 1.86. The van der Waals surface area contributed by atoms with E-state index in [-0.39, 0.29) is 53.6 Å². The first-order chi connectivity index (χ1) is 18.0. The summed E-state index contributed by atoms with van der Waals surface area (Å²) in [6.45, 7) is 12.2. The molecule has 0 aliphatic heterocycles. The molecule has 0 unspecified atom stereocenters. The van der Waals surface area contributed by atoms with Crippen LogP contribution in [0.5, 0.6) is 5.75 Å². The molecule has 8 nitrogen and oxygen atoms in total. The number of carbonyl (C=O) groups is 1. The van der Waals surface area contributed by atoms with Crippen LogP contribution in [0.2, 0.25) is 0 Å². The lowest BCUT2D eigenvalue weighted by Gasteiger charge is -2.45. The van der Waals surface area contributed by atoms with Crippen molar-refractivity contribution < 1.29 is 27.4 Å². The van der Waals surface area contributed by atoms with Gasteiger partial charge in [-0.1, -0.05) is 0 Å². The van der Waals surface area contributed by atoms with Gasteiger partial charge in [-0.2, -0.15) is 0 Å². The first-order valence-electron chi connectivity index (χ1n) is 11.8. The highest BCUT2D eigenvalue weighted by atomic mass is 19.1. The zero-order valence-corrected chi connectivity index (χ0v) is 21.3. The summed E-state index contributed by atoms with van der Waals surface area (Å²) in [5.41, 5.74) is -1.66. The third kappa shape index (κ3) is 5.25. The van der Waals surface area contributed by atoms with E-state index in [1.807, 2.05) is 0 Å². The molecule has 0 spiro atoms. The van der Waals surface area contributed by atoms with Crippen molar-refractivity contribution in [2.45, 2.75) is 50.8 Å². The Balaban J connectivity index is 1.75. The number of alkyl halides is 1. The van der Waals surface area contributed by atoms with Gasteiger partial charge in [0.1, 0.15) is 29.2 Å². The second-order valence-corrected chi connectivity index (χ2v) is 10.0. The maximum absolute atomic E-state index is 14.8. The van der Waals surface area contributed by atoms with Crippen molar-refractivity contribution in [1.82, 2.24) is 15.0 Å². The topological polar surface area (TPSA) is 81.8 Å². The lowest BCUT2D eigenvalue weighted by molar-refractivity contribution is 0.0505. The van der Waals surface area contributed by atoms with Crippen LogP contribution in [0.25, 0.3) is 16.0 Å². The number of methoxy groups -OCH3 is 1. The molecule has 0 radical (unpaired) electrons. The van der Waals surface area contributed by atoms with E-state index in [2.05, 4.69) is 19.8 Å². The van der Waals surface area contributed by atoms with E-state index in [1.54, 1.807) is 20.8 Å². The van der Waals surface area contributed by atoms with E-state index in [4.69, 9.17) is 16.0 Å². The van der Waals surface area contributed by atoms with E-state index >= 15 is 0 Å². The maximum Gasteiger partial charge on any atom is 0.417 e. The molecule has 2 aromatic heterocycles. The van der Waals surface area contributed by atoms with Gasteiger partial charge in [0.2, 0.25) is 11.6 Å².